The van der Waals surface area contributed by atoms with Crippen LogP contribution in [-0.2, 0) is 12.8 Å². The number of allylic oxidation sites excluding steroid dienone is 1. The number of hydrogen-bond donors (Lipinski definition) is 1. The van der Waals surface area contributed by atoms with Crippen LogP contribution in [0.5, 0.6) is 5.75 Å². The third-order valence-electron chi connectivity index (χ3n) is 2.85. The average molecular weight is 254 g/mol. The molecule has 0 bridgehead atoms. The van der Waals surface area contributed by atoms with Gasteiger partial charge >= 0.3 is 0 Å². The van der Waals surface area contributed by atoms with Gasteiger partial charge in [-0.25, -0.2) is 0 Å². The zero-order valence-corrected chi connectivity index (χ0v) is 10.9. The van der Waals surface area contributed by atoms with Crippen molar-refractivity contribution in [1.29, 1.82) is 0 Å². The fourth-order valence-corrected chi connectivity index (χ4v) is 1.88. The van der Waals surface area contributed by atoms with Gasteiger partial charge in [-0.3, -0.25) is 4.98 Å². The first-order valence-electron chi connectivity index (χ1n) is 6.30. The predicted molar refractivity (Wildman–Crippen MR) is 78.2 cm³/mol. The van der Waals surface area contributed by atoms with Crippen LogP contribution >= 0.6 is 0 Å². The highest BCUT2D eigenvalue weighted by Crippen LogP contribution is 2.22. The zero-order valence-electron chi connectivity index (χ0n) is 10.9. The summed E-state index contributed by atoms with van der Waals surface area (Å²) in [6.07, 6.45) is 7.06. The summed E-state index contributed by atoms with van der Waals surface area (Å²) < 4.78 is 5.82. The van der Waals surface area contributed by atoms with Crippen LogP contribution in [0.15, 0.2) is 55.4 Å². The van der Waals surface area contributed by atoms with Gasteiger partial charge in [-0.2, -0.15) is 0 Å². The van der Waals surface area contributed by atoms with E-state index in [1.165, 1.54) is 5.56 Å². The van der Waals surface area contributed by atoms with Crippen LogP contribution in [0.25, 0.3) is 0 Å². The van der Waals surface area contributed by atoms with Crippen LogP contribution in [0.2, 0.25) is 0 Å². The van der Waals surface area contributed by atoms with Crippen molar-refractivity contribution < 1.29 is 4.74 Å². The second-order valence-corrected chi connectivity index (χ2v) is 4.31. The molecule has 2 N–H and O–H groups in total. The molecule has 0 aliphatic rings. The van der Waals surface area contributed by atoms with Crippen LogP contribution in [0.3, 0.4) is 0 Å². The van der Waals surface area contributed by atoms with E-state index in [1.54, 1.807) is 12.4 Å². The summed E-state index contributed by atoms with van der Waals surface area (Å²) in [5, 5.41) is 0. The van der Waals surface area contributed by atoms with Crippen molar-refractivity contribution in [2.24, 2.45) is 0 Å². The van der Waals surface area contributed by atoms with Crippen molar-refractivity contribution in [1.82, 2.24) is 4.98 Å². The highest BCUT2D eigenvalue weighted by Gasteiger charge is 2.03. The maximum atomic E-state index is 5.82. The minimum atomic E-state index is 0.637. The molecule has 0 unspecified atom stereocenters. The average Bonchev–Trinajstić information content (AvgIpc) is 2.43. The van der Waals surface area contributed by atoms with Gasteiger partial charge in [0.1, 0.15) is 5.75 Å². The van der Waals surface area contributed by atoms with Gasteiger partial charge in [-0.1, -0.05) is 6.08 Å². The maximum Gasteiger partial charge on any atom is 0.122 e. The molecule has 1 aromatic heterocycles. The minimum Gasteiger partial charge on any atom is -0.493 e. The Hall–Kier alpha value is -2.29. The molecule has 98 valence electrons. The molecule has 3 heteroatoms. The van der Waals surface area contributed by atoms with E-state index in [2.05, 4.69) is 11.6 Å². The molecule has 0 aliphatic heterocycles. The van der Waals surface area contributed by atoms with Crippen LogP contribution in [0, 0.1) is 0 Å². The Kier molecular flexibility index (Phi) is 4.56. The smallest absolute Gasteiger partial charge is 0.122 e. The van der Waals surface area contributed by atoms with Gasteiger partial charge in [0.05, 0.1) is 6.61 Å². The second-order valence-electron chi connectivity index (χ2n) is 4.31. The van der Waals surface area contributed by atoms with E-state index in [4.69, 9.17) is 10.5 Å². The number of nitrogen functional groups attached to an aromatic ring is 1. The molecule has 0 fully saturated rings. The Morgan fingerprint density at radius 1 is 1.21 bits per heavy atom. The highest BCUT2D eigenvalue weighted by molar-refractivity contribution is 5.48. The Labute approximate surface area is 113 Å². The first kappa shape index (κ1) is 13.1. The lowest BCUT2D eigenvalue weighted by molar-refractivity contribution is 0.319. The molecule has 19 heavy (non-hydrogen) atoms. The van der Waals surface area contributed by atoms with E-state index in [-0.39, 0.29) is 0 Å². The molecule has 0 aliphatic carbocycles. The fourth-order valence-electron chi connectivity index (χ4n) is 1.88. The monoisotopic (exact) mass is 254 g/mol. The fraction of sp³-hybridized carbons (Fsp3) is 0.188. The summed E-state index contributed by atoms with van der Waals surface area (Å²) in [6.45, 7) is 4.39. The molecule has 0 amide bonds. The Morgan fingerprint density at radius 3 is 2.74 bits per heavy atom. The Balaban J connectivity index is 1.97. The largest absolute Gasteiger partial charge is 0.493 e. The molecule has 1 aromatic carbocycles. The number of nitrogens with zero attached hydrogens (tertiary/aromatic N) is 1. The van der Waals surface area contributed by atoms with E-state index >= 15 is 0 Å². The van der Waals surface area contributed by atoms with E-state index in [9.17, 15) is 0 Å². The van der Waals surface area contributed by atoms with Crippen LogP contribution in [0.1, 0.15) is 11.1 Å². The van der Waals surface area contributed by atoms with Crippen molar-refractivity contribution in [3.8, 4) is 5.75 Å². The van der Waals surface area contributed by atoms with Crippen molar-refractivity contribution in [2.45, 2.75) is 12.8 Å². The summed E-state index contributed by atoms with van der Waals surface area (Å²) in [6, 6.07) is 9.70. The van der Waals surface area contributed by atoms with Gasteiger partial charge in [0, 0.05) is 24.5 Å². The summed E-state index contributed by atoms with van der Waals surface area (Å²) in [5.41, 5.74) is 8.82. The first-order valence-corrected chi connectivity index (χ1v) is 6.30. The van der Waals surface area contributed by atoms with Gasteiger partial charge in [0.25, 0.3) is 0 Å². The number of nitrogens with two attached hydrogens (primary N) is 1. The van der Waals surface area contributed by atoms with E-state index < -0.39 is 0 Å². The maximum absolute atomic E-state index is 5.82. The first-order chi connectivity index (χ1) is 9.29. The third kappa shape index (κ3) is 3.85. The summed E-state index contributed by atoms with van der Waals surface area (Å²) in [4.78, 5) is 3.99. The molecule has 0 spiro atoms. The molecule has 0 saturated carbocycles. The lowest BCUT2D eigenvalue weighted by Gasteiger charge is -2.11. The predicted octanol–water partition coefficient (Wildman–Crippen LogP) is 3.01. The van der Waals surface area contributed by atoms with Crippen molar-refractivity contribution >= 4 is 5.69 Å². The van der Waals surface area contributed by atoms with Crippen molar-refractivity contribution in [3.63, 3.8) is 0 Å². The summed E-state index contributed by atoms with van der Waals surface area (Å²) in [5.74, 6) is 0.878. The quantitative estimate of drug-likeness (QED) is 0.636. The van der Waals surface area contributed by atoms with E-state index in [0.29, 0.717) is 6.61 Å². The van der Waals surface area contributed by atoms with E-state index in [1.807, 2.05) is 36.4 Å². The van der Waals surface area contributed by atoms with Gasteiger partial charge in [-0.15, -0.1) is 6.58 Å². The standard InChI is InChI=1S/C16H18N2O/c1-2-3-14-12-15(17)4-5-16(14)19-11-8-13-6-9-18-10-7-13/h2,4-7,9-10,12H,1,3,8,11,17H2. The van der Waals surface area contributed by atoms with Crippen LogP contribution < -0.4 is 10.5 Å². The highest BCUT2D eigenvalue weighted by atomic mass is 16.5. The number of pyridine rings is 1. The number of hydrogen-bond acceptors (Lipinski definition) is 3. The molecule has 3 nitrogen and oxygen atoms in total. The third-order valence-corrected chi connectivity index (χ3v) is 2.85. The van der Waals surface area contributed by atoms with Gasteiger partial charge in [0.15, 0.2) is 0 Å². The Morgan fingerprint density at radius 2 is 2.00 bits per heavy atom. The van der Waals surface area contributed by atoms with Gasteiger partial charge in [-0.05, 0) is 47.9 Å². The molecule has 2 rings (SSSR count). The van der Waals surface area contributed by atoms with Crippen LogP contribution in [0.4, 0.5) is 5.69 Å². The zero-order chi connectivity index (χ0) is 13.5. The number of aromatic nitrogens is 1. The lowest BCUT2D eigenvalue weighted by atomic mass is 10.1. The summed E-state index contributed by atoms with van der Waals surface area (Å²) >= 11 is 0. The van der Waals surface area contributed by atoms with Gasteiger partial charge < -0.3 is 10.5 Å². The number of anilines is 1. The molecule has 0 radical (unpaired) electrons. The van der Waals surface area contributed by atoms with Crippen molar-refractivity contribution in [3.05, 3.63) is 66.5 Å². The summed E-state index contributed by atoms with van der Waals surface area (Å²) in [7, 11) is 0. The topological polar surface area (TPSA) is 48.1 Å². The number of rotatable bonds is 6. The molecular weight excluding hydrogens is 236 g/mol. The minimum absolute atomic E-state index is 0.637. The lowest BCUT2D eigenvalue weighted by Crippen LogP contribution is -2.03. The molecule has 0 atom stereocenters. The Bertz CT molecular complexity index is 538. The molecular formula is C16H18N2O. The molecule has 1 heterocycles. The molecule has 0 saturated heterocycles. The second kappa shape index (κ2) is 6.59. The van der Waals surface area contributed by atoms with Crippen LogP contribution in [-0.4, -0.2) is 11.6 Å². The van der Waals surface area contributed by atoms with E-state index in [0.717, 1.165) is 29.8 Å². The normalized spacial score (nSPS) is 10.1. The van der Waals surface area contributed by atoms with Gasteiger partial charge in [0.2, 0.25) is 0 Å². The molecule has 2 aromatic rings. The SMILES string of the molecule is C=CCc1cc(N)ccc1OCCc1ccncc1. The number of ether oxygens (including phenoxy) is 1. The van der Waals surface area contributed by atoms with Crippen molar-refractivity contribution in [2.75, 3.05) is 12.3 Å². The number of benzene rings is 1.